The number of hydrogen-bond donors (Lipinski definition) is 1. The average Bonchev–Trinajstić information content (AvgIpc) is 3.28. The monoisotopic (exact) mass is 433 g/mol. The van der Waals surface area contributed by atoms with E-state index in [1.807, 2.05) is 0 Å². The molecule has 0 radical (unpaired) electrons. The molecular formula is C20H24FN5O5. The van der Waals surface area contributed by atoms with Crippen molar-refractivity contribution < 1.29 is 28.2 Å². The van der Waals surface area contributed by atoms with Gasteiger partial charge in [-0.3, -0.25) is 14.2 Å². The fourth-order valence-corrected chi connectivity index (χ4v) is 3.09. The van der Waals surface area contributed by atoms with Crippen LogP contribution in [0.2, 0.25) is 0 Å². The van der Waals surface area contributed by atoms with Crippen LogP contribution in [0.1, 0.15) is 40.3 Å². The lowest BCUT2D eigenvalue weighted by Gasteiger charge is -2.29. The molecule has 2 N–H and O–H groups in total. The molecule has 0 saturated carbocycles. The van der Waals surface area contributed by atoms with Gasteiger partial charge in [-0.1, -0.05) is 33.6 Å². The maximum Gasteiger partial charge on any atom is 0.312 e. The Bertz CT molecular complexity index is 1050. The molecule has 2 aromatic heterocycles. The summed E-state index contributed by atoms with van der Waals surface area (Å²) in [6.07, 6.45) is 4.42. The standard InChI is InChI=1S/C20H24FN5O5/c1-6-20(8-29-17(27)10(2)3)12(30-18(28)11(4)5)7-13(31-20)26-9-23-14-15(22)24-19(21)25-16(14)26/h1,9-13H,7-8H2,2-5H3,(H2,22,24,25). The van der Waals surface area contributed by atoms with Gasteiger partial charge in [0.1, 0.15) is 18.9 Å². The first-order chi connectivity index (χ1) is 14.6. The van der Waals surface area contributed by atoms with Crippen LogP contribution in [0.3, 0.4) is 0 Å². The van der Waals surface area contributed by atoms with Crippen LogP contribution in [0.15, 0.2) is 6.33 Å². The fraction of sp³-hybridized carbons (Fsp3) is 0.550. The Morgan fingerprint density at radius 1 is 1.35 bits per heavy atom. The zero-order valence-electron chi connectivity index (χ0n) is 17.7. The van der Waals surface area contributed by atoms with E-state index in [1.165, 1.54) is 10.9 Å². The second-order valence-electron chi connectivity index (χ2n) is 7.89. The van der Waals surface area contributed by atoms with Crippen molar-refractivity contribution in [2.24, 2.45) is 11.8 Å². The van der Waals surface area contributed by atoms with Gasteiger partial charge < -0.3 is 19.9 Å². The minimum atomic E-state index is -1.55. The molecule has 1 fully saturated rings. The first-order valence-corrected chi connectivity index (χ1v) is 9.76. The molecular weight excluding hydrogens is 409 g/mol. The van der Waals surface area contributed by atoms with Crippen molar-refractivity contribution in [2.75, 3.05) is 12.3 Å². The van der Waals surface area contributed by atoms with Gasteiger partial charge in [0.05, 0.1) is 18.2 Å². The molecule has 3 rings (SSSR count). The molecule has 0 aliphatic carbocycles. The number of nitrogens with zero attached hydrogens (tertiary/aromatic N) is 4. The SMILES string of the molecule is C#CC1(COC(=O)C(C)C)OC(n2cnc3c(N)nc(F)nc32)CC1OC(=O)C(C)C. The smallest absolute Gasteiger partial charge is 0.312 e. The topological polar surface area (TPSA) is 131 Å². The van der Waals surface area contributed by atoms with E-state index in [4.69, 9.17) is 26.4 Å². The van der Waals surface area contributed by atoms with E-state index < -0.39 is 41.9 Å². The van der Waals surface area contributed by atoms with E-state index in [0.717, 1.165) is 0 Å². The Labute approximate surface area is 178 Å². The number of rotatable bonds is 6. The van der Waals surface area contributed by atoms with Gasteiger partial charge in [-0.05, 0) is 0 Å². The number of fused-ring (bicyclic) bond motifs is 1. The molecule has 11 heteroatoms. The highest BCUT2D eigenvalue weighted by molar-refractivity contribution is 5.81. The third-order valence-electron chi connectivity index (χ3n) is 4.89. The Balaban J connectivity index is 1.97. The molecule has 10 nitrogen and oxygen atoms in total. The van der Waals surface area contributed by atoms with Crippen molar-refractivity contribution in [1.82, 2.24) is 19.5 Å². The number of esters is 2. The van der Waals surface area contributed by atoms with E-state index in [0.29, 0.717) is 0 Å². The highest BCUT2D eigenvalue weighted by Gasteiger charge is 2.52. The predicted molar refractivity (Wildman–Crippen MR) is 107 cm³/mol. The Kier molecular flexibility index (Phi) is 6.13. The van der Waals surface area contributed by atoms with Crippen LogP contribution in [0.25, 0.3) is 11.2 Å². The van der Waals surface area contributed by atoms with E-state index >= 15 is 0 Å². The number of nitrogens with two attached hydrogens (primary N) is 1. The highest BCUT2D eigenvalue weighted by Crippen LogP contribution is 2.40. The minimum Gasteiger partial charge on any atom is -0.461 e. The van der Waals surface area contributed by atoms with Crippen LogP contribution in [-0.2, 0) is 23.8 Å². The van der Waals surface area contributed by atoms with Crippen LogP contribution in [-0.4, -0.2) is 49.8 Å². The zero-order valence-corrected chi connectivity index (χ0v) is 17.7. The van der Waals surface area contributed by atoms with Gasteiger partial charge in [0.15, 0.2) is 17.0 Å². The third-order valence-corrected chi connectivity index (χ3v) is 4.89. The van der Waals surface area contributed by atoms with Crippen molar-refractivity contribution in [2.45, 2.75) is 52.0 Å². The number of nitrogen functional groups attached to an aromatic ring is 1. The summed E-state index contributed by atoms with van der Waals surface area (Å²) < 4.78 is 32.1. The molecule has 3 atom stereocenters. The summed E-state index contributed by atoms with van der Waals surface area (Å²) >= 11 is 0. The van der Waals surface area contributed by atoms with Gasteiger partial charge in [-0.15, -0.1) is 6.42 Å². The molecule has 1 aliphatic rings. The lowest BCUT2D eigenvalue weighted by molar-refractivity contribution is -0.170. The summed E-state index contributed by atoms with van der Waals surface area (Å²) in [6, 6.07) is 0. The summed E-state index contributed by atoms with van der Waals surface area (Å²) in [5.74, 6) is 0.591. The molecule has 2 aromatic rings. The van der Waals surface area contributed by atoms with Gasteiger partial charge in [-0.25, -0.2) is 4.98 Å². The maximum atomic E-state index is 13.7. The van der Waals surface area contributed by atoms with Crippen molar-refractivity contribution in [1.29, 1.82) is 0 Å². The molecule has 0 spiro atoms. The number of ether oxygens (including phenoxy) is 3. The summed E-state index contributed by atoms with van der Waals surface area (Å²) in [7, 11) is 0. The van der Waals surface area contributed by atoms with Crippen LogP contribution in [0, 0.1) is 30.3 Å². The van der Waals surface area contributed by atoms with Crippen LogP contribution >= 0.6 is 0 Å². The maximum absolute atomic E-state index is 13.7. The van der Waals surface area contributed by atoms with E-state index in [-0.39, 0.29) is 35.9 Å². The number of halogens is 1. The van der Waals surface area contributed by atoms with Gasteiger partial charge in [0.25, 0.3) is 0 Å². The first kappa shape index (κ1) is 22.4. The summed E-state index contributed by atoms with van der Waals surface area (Å²) in [6.45, 7) is 6.38. The number of imidazole rings is 1. The number of carbonyl (C=O) groups is 2. The lowest BCUT2D eigenvalue weighted by Crippen LogP contribution is -2.46. The largest absolute Gasteiger partial charge is 0.461 e. The molecule has 1 aliphatic heterocycles. The lowest BCUT2D eigenvalue weighted by atomic mass is 9.98. The number of hydrogen-bond acceptors (Lipinski definition) is 9. The second kappa shape index (κ2) is 8.47. The van der Waals surface area contributed by atoms with Crippen LogP contribution in [0.5, 0.6) is 0 Å². The molecule has 1 saturated heterocycles. The summed E-state index contributed by atoms with van der Waals surface area (Å²) in [5.41, 5.74) is 4.45. The molecule has 3 unspecified atom stereocenters. The minimum absolute atomic E-state index is 0.0935. The zero-order chi connectivity index (χ0) is 22.9. The van der Waals surface area contributed by atoms with Gasteiger partial charge >= 0.3 is 18.0 Å². The van der Waals surface area contributed by atoms with Gasteiger partial charge in [0.2, 0.25) is 5.60 Å². The first-order valence-electron chi connectivity index (χ1n) is 9.76. The van der Waals surface area contributed by atoms with E-state index in [2.05, 4.69) is 20.9 Å². The second-order valence-corrected chi connectivity index (χ2v) is 7.89. The average molecular weight is 433 g/mol. The molecule has 0 amide bonds. The summed E-state index contributed by atoms with van der Waals surface area (Å²) in [4.78, 5) is 35.6. The van der Waals surface area contributed by atoms with Crippen molar-refractivity contribution in [3.63, 3.8) is 0 Å². The number of terminal acetylenes is 1. The van der Waals surface area contributed by atoms with Gasteiger partial charge in [0, 0.05) is 6.42 Å². The Morgan fingerprint density at radius 3 is 2.65 bits per heavy atom. The van der Waals surface area contributed by atoms with Crippen LogP contribution in [0.4, 0.5) is 10.2 Å². The molecule has 0 bridgehead atoms. The number of carbonyl (C=O) groups excluding carboxylic acids is 2. The van der Waals surface area contributed by atoms with E-state index in [1.54, 1.807) is 27.7 Å². The predicted octanol–water partition coefficient (Wildman–Crippen LogP) is 1.61. The van der Waals surface area contributed by atoms with Crippen LogP contribution < -0.4 is 5.73 Å². The highest BCUT2D eigenvalue weighted by atomic mass is 19.1. The molecule has 3 heterocycles. The Morgan fingerprint density at radius 2 is 2.03 bits per heavy atom. The van der Waals surface area contributed by atoms with Crippen molar-refractivity contribution in [3.05, 3.63) is 12.4 Å². The molecule has 166 valence electrons. The third kappa shape index (κ3) is 4.29. The fourth-order valence-electron chi connectivity index (χ4n) is 3.09. The van der Waals surface area contributed by atoms with Crippen molar-refractivity contribution >= 4 is 28.9 Å². The molecule has 31 heavy (non-hydrogen) atoms. The molecule has 0 aromatic carbocycles. The van der Waals surface area contributed by atoms with Crippen molar-refractivity contribution in [3.8, 4) is 12.3 Å². The quantitative estimate of drug-likeness (QED) is 0.410. The Hall–Kier alpha value is -3.26. The summed E-state index contributed by atoms with van der Waals surface area (Å²) in [5, 5.41) is 0. The number of anilines is 1. The number of aromatic nitrogens is 4. The van der Waals surface area contributed by atoms with Gasteiger partial charge in [-0.2, -0.15) is 14.4 Å². The normalized spacial score (nSPS) is 23.3. The van der Waals surface area contributed by atoms with E-state index in [9.17, 15) is 14.0 Å².